The highest BCUT2D eigenvalue weighted by Gasteiger charge is 2.41. The molecule has 0 spiro atoms. The van der Waals surface area contributed by atoms with Crippen LogP contribution in [-0.4, -0.2) is 34.7 Å². The van der Waals surface area contributed by atoms with Gasteiger partial charge in [0.15, 0.2) is 5.82 Å². The van der Waals surface area contributed by atoms with Gasteiger partial charge in [-0.2, -0.15) is 4.37 Å². The zero-order valence-electron chi connectivity index (χ0n) is 9.40. The summed E-state index contributed by atoms with van der Waals surface area (Å²) >= 11 is 1.36. The summed E-state index contributed by atoms with van der Waals surface area (Å²) in [5.41, 5.74) is 0.307. The molecule has 0 aliphatic heterocycles. The fourth-order valence-corrected chi connectivity index (χ4v) is 2.27. The van der Waals surface area contributed by atoms with Crippen LogP contribution in [0.15, 0.2) is 0 Å². The zero-order valence-corrected chi connectivity index (χ0v) is 10.2. The van der Waals surface area contributed by atoms with Gasteiger partial charge in [0.05, 0.1) is 0 Å². The molecule has 5 nitrogen and oxygen atoms in total. The van der Waals surface area contributed by atoms with Crippen molar-refractivity contribution in [3.63, 3.8) is 0 Å². The van der Waals surface area contributed by atoms with E-state index in [9.17, 15) is 0 Å². The molecule has 1 aliphatic carbocycles. The molecular formula is C10H17N3O2S. The number of anilines is 1. The van der Waals surface area contributed by atoms with Crippen molar-refractivity contribution in [1.29, 1.82) is 0 Å². The molecule has 0 saturated heterocycles. The summed E-state index contributed by atoms with van der Waals surface area (Å²) in [5, 5.41) is 13.1. The summed E-state index contributed by atoms with van der Waals surface area (Å²) in [5.74, 6) is 0.724. The minimum Gasteiger partial charge on any atom is -0.396 e. The Bertz CT molecular complexity index is 339. The zero-order chi connectivity index (χ0) is 11.4. The lowest BCUT2D eigenvalue weighted by atomic mass is 10.0. The number of nitrogens with one attached hydrogen (secondary N) is 1. The van der Waals surface area contributed by atoms with Crippen molar-refractivity contribution in [3.8, 4) is 0 Å². The Morgan fingerprint density at radius 1 is 1.56 bits per heavy atom. The highest BCUT2D eigenvalue weighted by atomic mass is 32.1. The van der Waals surface area contributed by atoms with Crippen molar-refractivity contribution in [1.82, 2.24) is 9.36 Å². The fourth-order valence-electron chi connectivity index (χ4n) is 1.71. The highest BCUT2D eigenvalue weighted by molar-refractivity contribution is 7.09. The molecule has 1 aliphatic rings. The lowest BCUT2D eigenvalue weighted by Crippen LogP contribution is -2.16. The van der Waals surface area contributed by atoms with Crippen LogP contribution in [-0.2, 0) is 11.3 Å². The van der Waals surface area contributed by atoms with Gasteiger partial charge >= 0.3 is 0 Å². The maximum absolute atomic E-state index is 8.94. The van der Waals surface area contributed by atoms with Crippen LogP contribution in [0.25, 0.3) is 0 Å². The predicted octanol–water partition coefficient (Wildman–Crippen LogP) is 1.26. The molecule has 6 heteroatoms. The summed E-state index contributed by atoms with van der Waals surface area (Å²) < 4.78 is 9.13. The first-order valence-electron chi connectivity index (χ1n) is 5.44. The van der Waals surface area contributed by atoms with E-state index in [-0.39, 0.29) is 6.61 Å². The average Bonchev–Trinajstić information content (AvgIpc) is 2.89. The minimum atomic E-state index is 0.271. The number of aliphatic hydroxyl groups is 1. The molecule has 1 heterocycles. The van der Waals surface area contributed by atoms with Gasteiger partial charge in [0.2, 0.25) is 5.13 Å². The molecule has 16 heavy (non-hydrogen) atoms. The number of rotatable bonds is 7. The summed E-state index contributed by atoms with van der Waals surface area (Å²) in [6.45, 7) is 1.61. The molecule has 90 valence electrons. The number of methoxy groups -OCH3 is 1. The standard InChI is InChI=1S/C10H17N3O2S/c1-15-6-8-12-9(16-13-8)11-7-10(2-3-10)4-5-14/h14H,2-7H2,1H3,(H,11,12,13). The molecule has 0 amide bonds. The Labute approximate surface area is 99.0 Å². The SMILES string of the molecule is COCc1nsc(NCC2(CCO)CC2)n1. The van der Waals surface area contributed by atoms with Crippen molar-refractivity contribution in [2.24, 2.45) is 5.41 Å². The number of ether oxygens (including phenoxy) is 1. The predicted molar refractivity (Wildman–Crippen MR) is 62.5 cm³/mol. The van der Waals surface area contributed by atoms with Gasteiger partial charge in [0.1, 0.15) is 6.61 Å². The molecule has 0 radical (unpaired) electrons. The van der Waals surface area contributed by atoms with Crippen LogP contribution in [0.1, 0.15) is 25.1 Å². The van der Waals surface area contributed by atoms with Crippen molar-refractivity contribution in [2.45, 2.75) is 25.9 Å². The second-order valence-electron chi connectivity index (χ2n) is 4.28. The normalized spacial score (nSPS) is 17.4. The van der Waals surface area contributed by atoms with Crippen LogP contribution in [0, 0.1) is 5.41 Å². The topological polar surface area (TPSA) is 67.3 Å². The molecule has 0 bridgehead atoms. The van der Waals surface area contributed by atoms with Gasteiger partial charge in [-0.3, -0.25) is 0 Å². The van der Waals surface area contributed by atoms with Crippen LogP contribution in [0.3, 0.4) is 0 Å². The minimum absolute atomic E-state index is 0.271. The maximum Gasteiger partial charge on any atom is 0.202 e. The van der Waals surface area contributed by atoms with Gasteiger partial charge in [0, 0.05) is 31.8 Å². The molecule has 1 fully saturated rings. The van der Waals surface area contributed by atoms with Crippen LogP contribution < -0.4 is 5.32 Å². The Morgan fingerprint density at radius 2 is 2.38 bits per heavy atom. The fraction of sp³-hybridized carbons (Fsp3) is 0.800. The quantitative estimate of drug-likeness (QED) is 0.754. The Morgan fingerprint density at radius 3 is 3.00 bits per heavy atom. The summed E-state index contributed by atoms with van der Waals surface area (Å²) in [4.78, 5) is 4.30. The Balaban J connectivity index is 1.80. The van der Waals surface area contributed by atoms with Gasteiger partial charge in [-0.25, -0.2) is 4.98 Å². The Kier molecular flexibility index (Phi) is 3.73. The van der Waals surface area contributed by atoms with Crippen molar-refractivity contribution in [3.05, 3.63) is 5.82 Å². The monoisotopic (exact) mass is 243 g/mol. The average molecular weight is 243 g/mol. The molecular weight excluding hydrogens is 226 g/mol. The van der Waals surface area contributed by atoms with Crippen LogP contribution in [0.2, 0.25) is 0 Å². The second-order valence-corrected chi connectivity index (χ2v) is 5.03. The van der Waals surface area contributed by atoms with Gasteiger partial charge in [-0.15, -0.1) is 0 Å². The summed E-state index contributed by atoms with van der Waals surface area (Å²) in [7, 11) is 1.63. The molecule has 0 atom stereocenters. The van der Waals surface area contributed by atoms with E-state index in [1.54, 1.807) is 7.11 Å². The van der Waals surface area contributed by atoms with E-state index < -0.39 is 0 Å². The smallest absolute Gasteiger partial charge is 0.202 e. The van der Waals surface area contributed by atoms with Gasteiger partial charge < -0.3 is 15.2 Å². The first kappa shape index (κ1) is 11.8. The third-order valence-corrected chi connectivity index (χ3v) is 3.67. The van der Waals surface area contributed by atoms with E-state index in [0.29, 0.717) is 12.0 Å². The highest BCUT2D eigenvalue weighted by Crippen LogP contribution is 2.48. The lowest BCUT2D eigenvalue weighted by molar-refractivity contribution is 0.179. The van der Waals surface area contributed by atoms with Gasteiger partial charge in [-0.05, 0) is 24.7 Å². The van der Waals surface area contributed by atoms with E-state index >= 15 is 0 Å². The van der Waals surface area contributed by atoms with Gasteiger partial charge in [-0.1, -0.05) is 0 Å². The molecule has 1 aromatic rings. The third kappa shape index (κ3) is 2.90. The van der Waals surface area contributed by atoms with E-state index in [0.717, 1.165) is 23.9 Å². The molecule has 2 N–H and O–H groups in total. The number of aliphatic hydroxyl groups excluding tert-OH is 1. The molecule has 2 rings (SSSR count). The lowest BCUT2D eigenvalue weighted by Gasteiger charge is -2.13. The molecule has 1 aromatic heterocycles. The molecule has 1 saturated carbocycles. The van der Waals surface area contributed by atoms with Gasteiger partial charge in [0.25, 0.3) is 0 Å². The third-order valence-electron chi connectivity index (χ3n) is 2.96. The van der Waals surface area contributed by atoms with Crippen LogP contribution >= 0.6 is 11.5 Å². The number of nitrogens with zero attached hydrogens (tertiary/aromatic N) is 2. The molecule has 0 unspecified atom stereocenters. The number of hydrogen-bond acceptors (Lipinski definition) is 6. The van der Waals surface area contributed by atoms with Crippen LogP contribution in [0.4, 0.5) is 5.13 Å². The second kappa shape index (κ2) is 5.07. The molecule has 0 aromatic carbocycles. The van der Waals surface area contributed by atoms with Crippen molar-refractivity contribution < 1.29 is 9.84 Å². The largest absolute Gasteiger partial charge is 0.396 e. The Hall–Kier alpha value is -0.720. The number of hydrogen-bond donors (Lipinski definition) is 2. The first-order valence-corrected chi connectivity index (χ1v) is 6.22. The van der Waals surface area contributed by atoms with E-state index in [2.05, 4.69) is 14.7 Å². The first-order chi connectivity index (χ1) is 7.78. The summed E-state index contributed by atoms with van der Waals surface area (Å²) in [6.07, 6.45) is 3.28. The van der Waals surface area contributed by atoms with Crippen molar-refractivity contribution in [2.75, 3.05) is 25.6 Å². The van der Waals surface area contributed by atoms with E-state index in [4.69, 9.17) is 9.84 Å². The van der Waals surface area contributed by atoms with Crippen LogP contribution in [0.5, 0.6) is 0 Å². The van der Waals surface area contributed by atoms with Crippen molar-refractivity contribution >= 4 is 16.7 Å². The maximum atomic E-state index is 8.94. The number of aromatic nitrogens is 2. The van der Waals surface area contributed by atoms with E-state index in [1.165, 1.54) is 24.4 Å². The summed E-state index contributed by atoms with van der Waals surface area (Å²) in [6, 6.07) is 0. The van der Waals surface area contributed by atoms with E-state index in [1.807, 2.05) is 0 Å².